The molecule has 0 aliphatic carbocycles. The summed E-state index contributed by atoms with van der Waals surface area (Å²) in [5.41, 5.74) is 3.65. The minimum Gasteiger partial charge on any atom is -0.497 e. The molecule has 0 spiro atoms. The summed E-state index contributed by atoms with van der Waals surface area (Å²) in [6.07, 6.45) is 1.14. The van der Waals surface area contributed by atoms with Crippen molar-refractivity contribution in [2.24, 2.45) is 0 Å². The van der Waals surface area contributed by atoms with Crippen LogP contribution in [0.25, 0.3) is 17.1 Å². The molecule has 0 saturated carbocycles. The van der Waals surface area contributed by atoms with Crippen LogP contribution in [-0.4, -0.2) is 82.0 Å². The number of piperazine rings is 1. The molecule has 1 fully saturated rings. The molecular weight excluding hydrogens is 562 g/mol. The highest BCUT2D eigenvalue weighted by atomic mass is 32.2. The number of nitrogens with zero attached hydrogens (tertiary/aromatic N) is 5. The van der Waals surface area contributed by atoms with E-state index in [1.54, 1.807) is 44.2 Å². The first-order chi connectivity index (χ1) is 20.9. The molecule has 0 radical (unpaired) electrons. The van der Waals surface area contributed by atoms with Gasteiger partial charge >= 0.3 is 0 Å². The summed E-state index contributed by atoms with van der Waals surface area (Å²) in [4.78, 5) is 30.2. The lowest BCUT2D eigenvalue weighted by Gasteiger charge is -2.40. The number of carbonyl (C=O) groups excluding carboxylic acids is 2. The molecular formula is C33H37N5O4S. The molecule has 2 amide bonds. The lowest BCUT2D eigenvalue weighted by molar-refractivity contribution is -0.133. The van der Waals surface area contributed by atoms with Gasteiger partial charge in [-0.2, -0.15) is 0 Å². The van der Waals surface area contributed by atoms with E-state index in [0.717, 1.165) is 33.5 Å². The first kappa shape index (κ1) is 30.2. The number of hydrogen-bond acceptors (Lipinski definition) is 7. The van der Waals surface area contributed by atoms with Gasteiger partial charge in [0.25, 0.3) is 5.91 Å². The lowest BCUT2D eigenvalue weighted by Crippen LogP contribution is -2.55. The standard InChI is InChI=1S/C33H37N5O4S/c1-23-10-8-13-26(20-23)38-31(25-11-6-5-7-12-25)34-35-33(38)43-19-9-14-30(39)36-17-18-37(24(2)22-36)32(40)28-16-15-27(41-3)21-29(28)42-4/h5-8,10-13,15-16,20-21,24H,9,14,17-19,22H2,1-4H3. The molecule has 43 heavy (non-hydrogen) atoms. The number of amides is 2. The molecule has 1 aliphatic rings. The summed E-state index contributed by atoms with van der Waals surface area (Å²) in [6, 6.07) is 23.4. The topological polar surface area (TPSA) is 89.8 Å². The smallest absolute Gasteiger partial charge is 0.257 e. The van der Waals surface area contributed by atoms with Gasteiger partial charge in [0.05, 0.1) is 19.8 Å². The molecule has 1 aliphatic heterocycles. The second kappa shape index (κ2) is 13.8. The Labute approximate surface area is 256 Å². The summed E-state index contributed by atoms with van der Waals surface area (Å²) in [5, 5.41) is 9.83. The van der Waals surface area contributed by atoms with Crippen molar-refractivity contribution in [3.63, 3.8) is 0 Å². The van der Waals surface area contributed by atoms with Crippen LogP contribution in [-0.2, 0) is 4.79 Å². The zero-order chi connectivity index (χ0) is 30.3. The SMILES string of the molecule is COc1ccc(C(=O)N2CCN(C(=O)CCCSc3nnc(-c4ccccc4)n3-c3cccc(C)c3)CC2C)c(OC)c1. The van der Waals surface area contributed by atoms with Crippen molar-refractivity contribution in [2.45, 2.75) is 37.9 Å². The third-order valence-electron chi connectivity index (χ3n) is 7.57. The van der Waals surface area contributed by atoms with E-state index in [0.29, 0.717) is 49.5 Å². The Bertz CT molecular complexity index is 1570. The molecule has 5 rings (SSSR count). The van der Waals surface area contributed by atoms with Crippen molar-refractivity contribution in [1.29, 1.82) is 0 Å². The molecule has 0 N–H and O–H groups in total. The van der Waals surface area contributed by atoms with E-state index < -0.39 is 0 Å². The Morgan fingerprint density at radius 1 is 0.953 bits per heavy atom. The summed E-state index contributed by atoms with van der Waals surface area (Å²) >= 11 is 1.61. The highest BCUT2D eigenvalue weighted by Crippen LogP contribution is 2.30. The molecule has 3 aromatic carbocycles. The number of hydrogen-bond donors (Lipinski definition) is 0. The number of rotatable bonds is 10. The lowest BCUT2D eigenvalue weighted by atomic mass is 10.1. The highest BCUT2D eigenvalue weighted by Gasteiger charge is 2.31. The van der Waals surface area contributed by atoms with Crippen molar-refractivity contribution in [3.05, 3.63) is 83.9 Å². The predicted molar refractivity (Wildman–Crippen MR) is 168 cm³/mol. The Kier molecular flexibility index (Phi) is 9.66. The Balaban J connectivity index is 1.18. The van der Waals surface area contributed by atoms with Crippen molar-refractivity contribution < 1.29 is 19.1 Å². The fourth-order valence-corrected chi connectivity index (χ4v) is 6.19. The van der Waals surface area contributed by atoms with E-state index in [2.05, 4.69) is 39.9 Å². The number of ether oxygens (including phenoxy) is 2. The Morgan fingerprint density at radius 3 is 2.49 bits per heavy atom. The molecule has 2 heterocycles. The predicted octanol–water partition coefficient (Wildman–Crippen LogP) is 5.51. The van der Waals surface area contributed by atoms with E-state index in [9.17, 15) is 9.59 Å². The van der Waals surface area contributed by atoms with E-state index >= 15 is 0 Å². The Morgan fingerprint density at radius 2 is 1.77 bits per heavy atom. The van der Waals surface area contributed by atoms with Crippen molar-refractivity contribution in [3.8, 4) is 28.6 Å². The van der Waals surface area contributed by atoms with E-state index in [1.807, 2.05) is 53.1 Å². The van der Waals surface area contributed by atoms with Crippen LogP contribution in [0.5, 0.6) is 11.5 Å². The van der Waals surface area contributed by atoms with Crippen LogP contribution in [0.15, 0.2) is 78.0 Å². The van der Waals surface area contributed by atoms with Gasteiger partial charge in [-0.25, -0.2) is 0 Å². The van der Waals surface area contributed by atoms with Crippen LogP contribution in [0.2, 0.25) is 0 Å². The van der Waals surface area contributed by atoms with Crippen LogP contribution >= 0.6 is 11.8 Å². The number of thioether (sulfide) groups is 1. The summed E-state index contributed by atoms with van der Waals surface area (Å²) in [7, 11) is 3.12. The molecule has 224 valence electrons. The fourth-order valence-electron chi connectivity index (χ4n) is 5.30. The van der Waals surface area contributed by atoms with Gasteiger partial charge in [0, 0.05) is 55.2 Å². The second-order valence-electron chi connectivity index (χ2n) is 10.6. The summed E-state index contributed by atoms with van der Waals surface area (Å²) in [6.45, 7) is 5.52. The third-order valence-corrected chi connectivity index (χ3v) is 8.59. The van der Waals surface area contributed by atoms with Crippen molar-refractivity contribution >= 4 is 23.6 Å². The van der Waals surface area contributed by atoms with Gasteiger partial charge in [0.15, 0.2) is 11.0 Å². The van der Waals surface area contributed by atoms with E-state index in [-0.39, 0.29) is 17.9 Å². The second-order valence-corrected chi connectivity index (χ2v) is 11.6. The third kappa shape index (κ3) is 6.85. The minimum absolute atomic E-state index is 0.103. The van der Waals surface area contributed by atoms with Gasteiger partial charge < -0.3 is 19.3 Å². The monoisotopic (exact) mass is 599 g/mol. The summed E-state index contributed by atoms with van der Waals surface area (Å²) < 4.78 is 12.8. The van der Waals surface area contributed by atoms with Crippen LogP contribution < -0.4 is 9.47 Å². The minimum atomic E-state index is -0.115. The number of methoxy groups -OCH3 is 2. The van der Waals surface area contributed by atoms with Gasteiger partial charge in [-0.3, -0.25) is 14.2 Å². The maximum absolute atomic E-state index is 13.3. The van der Waals surface area contributed by atoms with Gasteiger partial charge in [-0.15, -0.1) is 10.2 Å². The average molecular weight is 600 g/mol. The van der Waals surface area contributed by atoms with Crippen LogP contribution in [0.1, 0.15) is 35.7 Å². The molecule has 1 aromatic heterocycles. The first-order valence-corrected chi connectivity index (χ1v) is 15.4. The Hall–Kier alpha value is -4.31. The van der Waals surface area contributed by atoms with Crippen LogP contribution in [0.4, 0.5) is 0 Å². The average Bonchev–Trinajstić information content (AvgIpc) is 3.46. The number of benzene rings is 3. The van der Waals surface area contributed by atoms with Gasteiger partial charge in [0.2, 0.25) is 5.91 Å². The van der Waals surface area contributed by atoms with Crippen molar-refractivity contribution in [2.75, 3.05) is 39.6 Å². The van der Waals surface area contributed by atoms with Gasteiger partial charge in [0.1, 0.15) is 11.5 Å². The molecule has 1 atom stereocenters. The first-order valence-electron chi connectivity index (χ1n) is 14.4. The van der Waals surface area contributed by atoms with Crippen LogP contribution in [0.3, 0.4) is 0 Å². The zero-order valence-corrected chi connectivity index (χ0v) is 25.8. The molecule has 4 aromatic rings. The normalized spacial score (nSPS) is 14.9. The van der Waals surface area contributed by atoms with Gasteiger partial charge in [-0.1, -0.05) is 54.2 Å². The molecule has 10 heteroatoms. The maximum Gasteiger partial charge on any atom is 0.257 e. The zero-order valence-electron chi connectivity index (χ0n) is 25.0. The molecule has 1 saturated heterocycles. The molecule has 9 nitrogen and oxygen atoms in total. The fraction of sp³-hybridized carbons (Fsp3) is 0.333. The van der Waals surface area contributed by atoms with E-state index in [4.69, 9.17) is 9.47 Å². The summed E-state index contributed by atoms with van der Waals surface area (Å²) in [5.74, 6) is 2.62. The van der Waals surface area contributed by atoms with Crippen molar-refractivity contribution in [1.82, 2.24) is 24.6 Å². The largest absolute Gasteiger partial charge is 0.497 e. The van der Waals surface area contributed by atoms with Crippen LogP contribution in [0, 0.1) is 6.92 Å². The van der Waals surface area contributed by atoms with E-state index in [1.165, 1.54) is 0 Å². The molecule has 0 bridgehead atoms. The number of aryl methyl sites for hydroxylation is 1. The number of carbonyl (C=O) groups is 2. The molecule has 1 unspecified atom stereocenters. The quantitative estimate of drug-likeness (QED) is 0.176. The number of aromatic nitrogens is 3. The highest BCUT2D eigenvalue weighted by molar-refractivity contribution is 7.99. The van der Waals surface area contributed by atoms with Gasteiger partial charge in [-0.05, 0) is 50.1 Å². The maximum atomic E-state index is 13.3.